The molecule has 1 aromatic rings. The van der Waals surface area contributed by atoms with Crippen LogP contribution in [0.3, 0.4) is 0 Å². The number of hydrogen-bond donors (Lipinski definition) is 1. The highest BCUT2D eigenvalue weighted by Gasteiger charge is 2.19. The van der Waals surface area contributed by atoms with E-state index in [2.05, 4.69) is 11.8 Å². The molecule has 0 bridgehead atoms. The molecule has 1 saturated heterocycles. The molecule has 1 atom stereocenters. The van der Waals surface area contributed by atoms with Gasteiger partial charge in [-0.15, -0.1) is 0 Å². The number of rotatable bonds is 5. The minimum absolute atomic E-state index is 0.00884. The standard InChI is InChI=1S/C14H20FNO3/c1-2-16-3-4-18-14(8-16)10-19-13-6-11(9-17)5-12(15)7-13/h5-7,14,17H,2-4,8-10H2,1H3. The predicted octanol–water partition coefficient (Wildman–Crippen LogP) is 1.42. The monoisotopic (exact) mass is 269 g/mol. The Morgan fingerprint density at radius 3 is 3.05 bits per heavy atom. The maximum atomic E-state index is 13.3. The SMILES string of the molecule is CCN1CCOC(COc2cc(F)cc(CO)c2)C1. The third-order valence-electron chi connectivity index (χ3n) is 3.22. The van der Waals surface area contributed by atoms with Crippen LogP contribution in [-0.2, 0) is 11.3 Å². The first kappa shape index (κ1) is 14.2. The number of aliphatic hydroxyl groups is 1. The Hall–Kier alpha value is -1.17. The number of benzene rings is 1. The fourth-order valence-electron chi connectivity index (χ4n) is 2.15. The van der Waals surface area contributed by atoms with Gasteiger partial charge in [-0.25, -0.2) is 4.39 Å². The molecule has 106 valence electrons. The Morgan fingerprint density at radius 2 is 2.32 bits per heavy atom. The van der Waals surface area contributed by atoms with E-state index in [0.717, 1.165) is 19.6 Å². The first-order chi connectivity index (χ1) is 9.21. The van der Waals surface area contributed by atoms with Crippen LogP contribution >= 0.6 is 0 Å². The number of morpholine rings is 1. The number of hydrogen-bond acceptors (Lipinski definition) is 4. The van der Waals surface area contributed by atoms with Crippen molar-refractivity contribution in [1.82, 2.24) is 4.90 Å². The number of ether oxygens (including phenoxy) is 2. The van der Waals surface area contributed by atoms with E-state index in [1.54, 1.807) is 6.07 Å². The van der Waals surface area contributed by atoms with Gasteiger partial charge in [-0.1, -0.05) is 6.92 Å². The summed E-state index contributed by atoms with van der Waals surface area (Å²) in [4.78, 5) is 2.29. The van der Waals surface area contributed by atoms with Gasteiger partial charge in [0.2, 0.25) is 0 Å². The third-order valence-corrected chi connectivity index (χ3v) is 3.22. The summed E-state index contributed by atoms with van der Waals surface area (Å²) in [7, 11) is 0. The molecular weight excluding hydrogens is 249 g/mol. The Balaban J connectivity index is 1.89. The van der Waals surface area contributed by atoms with Gasteiger partial charge in [-0.3, -0.25) is 4.90 Å². The fraction of sp³-hybridized carbons (Fsp3) is 0.571. The van der Waals surface area contributed by atoms with E-state index in [0.29, 0.717) is 24.5 Å². The summed E-state index contributed by atoms with van der Waals surface area (Å²) in [6.45, 7) is 5.79. The zero-order valence-corrected chi connectivity index (χ0v) is 11.1. The summed E-state index contributed by atoms with van der Waals surface area (Å²) in [5.41, 5.74) is 0.509. The highest BCUT2D eigenvalue weighted by molar-refractivity contribution is 5.29. The van der Waals surface area contributed by atoms with Gasteiger partial charge in [-0.2, -0.15) is 0 Å². The van der Waals surface area contributed by atoms with Crippen LogP contribution < -0.4 is 4.74 Å². The molecule has 0 aliphatic carbocycles. The summed E-state index contributed by atoms with van der Waals surface area (Å²) >= 11 is 0. The van der Waals surface area contributed by atoms with Crippen molar-refractivity contribution in [3.8, 4) is 5.75 Å². The average molecular weight is 269 g/mol. The Labute approximate surface area is 112 Å². The second-order valence-electron chi connectivity index (χ2n) is 4.65. The van der Waals surface area contributed by atoms with Crippen LogP contribution in [0.5, 0.6) is 5.75 Å². The van der Waals surface area contributed by atoms with Crippen LogP contribution in [0.25, 0.3) is 0 Å². The largest absolute Gasteiger partial charge is 0.491 e. The van der Waals surface area contributed by atoms with Crippen LogP contribution in [0.4, 0.5) is 4.39 Å². The molecule has 0 amide bonds. The number of halogens is 1. The molecule has 1 fully saturated rings. The summed E-state index contributed by atoms with van der Waals surface area (Å²) in [6, 6.07) is 4.26. The second-order valence-corrected chi connectivity index (χ2v) is 4.65. The highest BCUT2D eigenvalue weighted by atomic mass is 19.1. The van der Waals surface area contributed by atoms with E-state index in [1.807, 2.05) is 0 Å². The van der Waals surface area contributed by atoms with Gasteiger partial charge in [0.1, 0.15) is 24.3 Å². The zero-order chi connectivity index (χ0) is 13.7. The van der Waals surface area contributed by atoms with Crippen molar-refractivity contribution >= 4 is 0 Å². The van der Waals surface area contributed by atoms with E-state index >= 15 is 0 Å². The molecule has 0 radical (unpaired) electrons. The smallest absolute Gasteiger partial charge is 0.127 e. The number of aliphatic hydroxyl groups excluding tert-OH is 1. The molecule has 1 heterocycles. The minimum atomic E-state index is -0.402. The van der Waals surface area contributed by atoms with E-state index < -0.39 is 5.82 Å². The van der Waals surface area contributed by atoms with Crippen molar-refractivity contribution in [3.05, 3.63) is 29.6 Å². The summed E-state index contributed by atoms with van der Waals surface area (Å²) in [5.74, 6) is 0.0302. The minimum Gasteiger partial charge on any atom is -0.491 e. The summed E-state index contributed by atoms with van der Waals surface area (Å²) < 4.78 is 24.4. The maximum Gasteiger partial charge on any atom is 0.127 e. The predicted molar refractivity (Wildman–Crippen MR) is 69.7 cm³/mol. The van der Waals surface area contributed by atoms with Crippen molar-refractivity contribution in [2.24, 2.45) is 0 Å². The highest BCUT2D eigenvalue weighted by Crippen LogP contribution is 2.17. The molecule has 1 aliphatic rings. The van der Waals surface area contributed by atoms with Gasteiger partial charge in [0.15, 0.2) is 0 Å². The third kappa shape index (κ3) is 4.16. The molecule has 4 nitrogen and oxygen atoms in total. The summed E-state index contributed by atoms with van der Waals surface area (Å²) in [6.07, 6.45) is 0.00884. The van der Waals surface area contributed by atoms with Gasteiger partial charge >= 0.3 is 0 Å². The fourth-order valence-corrected chi connectivity index (χ4v) is 2.15. The van der Waals surface area contributed by atoms with Crippen LogP contribution in [0.1, 0.15) is 12.5 Å². The molecule has 0 spiro atoms. The molecule has 2 rings (SSSR count). The van der Waals surface area contributed by atoms with Crippen LogP contribution in [0.15, 0.2) is 18.2 Å². The van der Waals surface area contributed by atoms with E-state index in [1.165, 1.54) is 12.1 Å². The molecule has 19 heavy (non-hydrogen) atoms. The lowest BCUT2D eigenvalue weighted by Gasteiger charge is -2.31. The molecule has 5 heteroatoms. The molecular formula is C14H20FNO3. The number of nitrogens with zero attached hydrogens (tertiary/aromatic N) is 1. The summed E-state index contributed by atoms with van der Waals surface area (Å²) in [5, 5.41) is 9.02. The van der Waals surface area contributed by atoms with Crippen molar-refractivity contribution in [3.63, 3.8) is 0 Å². The van der Waals surface area contributed by atoms with Crippen molar-refractivity contribution in [2.45, 2.75) is 19.6 Å². The Kier molecular flexibility index (Phi) is 5.13. The van der Waals surface area contributed by atoms with Gasteiger partial charge in [-0.05, 0) is 24.2 Å². The lowest BCUT2D eigenvalue weighted by Crippen LogP contribution is -2.44. The lowest BCUT2D eigenvalue weighted by molar-refractivity contribution is -0.0464. The molecule has 0 saturated carbocycles. The Bertz CT molecular complexity index is 414. The molecule has 1 aliphatic heterocycles. The quantitative estimate of drug-likeness (QED) is 0.878. The molecule has 1 unspecified atom stereocenters. The van der Waals surface area contributed by atoms with Crippen LogP contribution in [-0.4, -0.2) is 49.0 Å². The van der Waals surface area contributed by atoms with E-state index in [-0.39, 0.29) is 12.7 Å². The van der Waals surface area contributed by atoms with Crippen LogP contribution in [0.2, 0.25) is 0 Å². The molecule has 1 N–H and O–H groups in total. The topological polar surface area (TPSA) is 41.9 Å². The van der Waals surface area contributed by atoms with Gasteiger partial charge in [0.05, 0.1) is 13.2 Å². The maximum absolute atomic E-state index is 13.3. The first-order valence-corrected chi connectivity index (χ1v) is 6.58. The van der Waals surface area contributed by atoms with E-state index in [9.17, 15) is 4.39 Å². The number of likely N-dealkylation sites (N-methyl/N-ethyl adjacent to an activating group) is 1. The molecule has 0 aromatic heterocycles. The van der Waals surface area contributed by atoms with Crippen molar-refractivity contribution in [2.75, 3.05) is 32.8 Å². The van der Waals surface area contributed by atoms with Crippen molar-refractivity contribution < 1.29 is 19.0 Å². The molecule has 1 aromatic carbocycles. The lowest BCUT2D eigenvalue weighted by atomic mass is 10.2. The zero-order valence-electron chi connectivity index (χ0n) is 11.1. The van der Waals surface area contributed by atoms with Gasteiger partial charge in [0, 0.05) is 19.2 Å². The average Bonchev–Trinajstić information content (AvgIpc) is 2.44. The van der Waals surface area contributed by atoms with Crippen molar-refractivity contribution in [1.29, 1.82) is 0 Å². The van der Waals surface area contributed by atoms with Crippen LogP contribution in [0, 0.1) is 5.82 Å². The van der Waals surface area contributed by atoms with Gasteiger partial charge < -0.3 is 14.6 Å². The van der Waals surface area contributed by atoms with E-state index in [4.69, 9.17) is 14.6 Å². The normalized spacial score (nSPS) is 20.5. The van der Waals surface area contributed by atoms with Gasteiger partial charge in [0.25, 0.3) is 0 Å². The Morgan fingerprint density at radius 1 is 1.47 bits per heavy atom. The second kappa shape index (κ2) is 6.84. The first-order valence-electron chi connectivity index (χ1n) is 6.58.